The van der Waals surface area contributed by atoms with E-state index in [-0.39, 0.29) is 0 Å². The smallest absolute Gasteiger partial charge is 0.245 e. The molecule has 3 rings (SSSR count). The molecule has 20 heavy (non-hydrogen) atoms. The van der Waals surface area contributed by atoms with Crippen LogP contribution in [0.2, 0.25) is 0 Å². The maximum atomic E-state index is 4.69. The Morgan fingerprint density at radius 1 is 1.30 bits per heavy atom. The summed E-state index contributed by atoms with van der Waals surface area (Å²) in [6, 6.07) is 5.32. The summed E-state index contributed by atoms with van der Waals surface area (Å²) in [7, 11) is 4.18. The van der Waals surface area contributed by atoms with E-state index in [1.807, 2.05) is 16.8 Å². The minimum Gasteiger partial charge on any atom is -0.340 e. The van der Waals surface area contributed by atoms with E-state index >= 15 is 0 Å². The van der Waals surface area contributed by atoms with Gasteiger partial charge < -0.3 is 10.2 Å². The third kappa shape index (κ3) is 2.38. The van der Waals surface area contributed by atoms with Crippen molar-refractivity contribution >= 4 is 11.6 Å². The fraction of sp³-hybridized carbons (Fsp3) is 0.600. The molecule has 2 aromatic rings. The molecular formula is C15H23N5. The van der Waals surface area contributed by atoms with Crippen LogP contribution in [-0.2, 0) is 0 Å². The summed E-state index contributed by atoms with van der Waals surface area (Å²) in [5.41, 5.74) is 2.12. The number of hydrogen-bond donors (Lipinski definition) is 1. The van der Waals surface area contributed by atoms with Gasteiger partial charge in [-0.3, -0.25) is 0 Å². The van der Waals surface area contributed by atoms with Crippen LogP contribution in [0.1, 0.15) is 31.2 Å². The van der Waals surface area contributed by atoms with Crippen molar-refractivity contribution < 1.29 is 0 Å². The first-order valence-electron chi connectivity index (χ1n) is 7.41. The highest BCUT2D eigenvalue weighted by Gasteiger charge is 2.25. The molecule has 2 heterocycles. The molecule has 1 aliphatic rings. The monoisotopic (exact) mass is 273 g/mol. The minimum absolute atomic E-state index is 0.553. The fourth-order valence-corrected chi connectivity index (χ4v) is 3.09. The molecule has 0 spiro atoms. The van der Waals surface area contributed by atoms with Crippen molar-refractivity contribution in [3.8, 4) is 0 Å². The highest BCUT2D eigenvalue weighted by atomic mass is 15.4. The molecule has 0 unspecified atom stereocenters. The Hall–Kier alpha value is -1.62. The van der Waals surface area contributed by atoms with Crippen LogP contribution in [0.3, 0.4) is 0 Å². The van der Waals surface area contributed by atoms with Crippen molar-refractivity contribution in [2.75, 3.05) is 19.0 Å². The van der Waals surface area contributed by atoms with Gasteiger partial charge in [0.2, 0.25) is 5.95 Å². The second kappa shape index (κ2) is 5.40. The Balaban J connectivity index is 1.79. The molecule has 5 heteroatoms. The molecule has 0 bridgehead atoms. The number of pyridine rings is 1. The van der Waals surface area contributed by atoms with E-state index < -0.39 is 0 Å². The van der Waals surface area contributed by atoms with Gasteiger partial charge >= 0.3 is 0 Å². The van der Waals surface area contributed by atoms with Crippen molar-refractivity contribution in [2.45, 2.75) is 44.7 Å². The molecule has 0 aromatic carbocycles. The largest absolute Gasteiger partial charge is 0.340 e. The highest BCUT2D eigenvalue weighted by Crippen LogP contribution is 2.25. The van der Waals surface area contributed by atoms with Gasteiger partial charge in [-0.05, 0) is 51.3 Å². The minimum atomic E-state index is 0.553. The predicted octanol–water partition coefficient (Wildman–Crippen LogP) is 2.00. The average molecular weight is 273 g/mol. The van der Waals surface area contributed by atoms with Crippen molar-refractivity contribution in [2.24, 2.45) is 0 Å². The lowest BCUT2D eigenvalue weighted by molar-refractivity contribution is 0.349. The fourth-order valence-electron chi connectivity index (χ4n) is 3.09. The van der Waals surface area contributed by atoms with E-state index in [9.17, 15) is 0 Å². The first-order chi connectivity index (χ1) is 9.69. The van der Waals surface area contributed by atoms with E-state index in [0.29, 0.717) is 12.1 Å². The van der Waals surface area contributed by atoms with Gasteiger partial charge in [-0.25, -0.2) is 4.52 Å². The first-order valence-corrected chi connectivity index (χ1v) is 7.41. The van der Waals surface area contributed by atoms with Gasteiger partial charge in [0.15, 0.2) is 5.65 Å². The first kappa shape index (κ1) is 13.4. The Bertz CT molecular complexity index is 583. The lowest BCUT2D eigenvalue weighted by Crippen LogP contribution is -2.40. The Morgan fingerprint density at radius 2 is 2.05 bits per heavy atom. The molecule has 0 aliphatic heterocycles. The molecular weight excluding hydrogens is 250 g/mol. The zero-order chi connectivity index (χ0) is 14.1. The van der Waals surface area contributed by atoms with Crippen molar-refractivity contribution in [3.63, 3.8) is 0 Å². The third-order valence-electron chi connectivity index (χ3n) is 4.51. The standard InChI is InChI=1S/C15H23N5/c1-11-5-4-10-20-14(11)17-15(18-20)19(3)13-8-6-12(16-2)7-9-13/h4-5,10,12-13,16H,6-9H2,1-3H3. The van der Waals surface area contributed by atoms with Crippen LogP contribution >= 0.6 is 0 Å². The highest BCUT2D eigenvalue weighted by molar-refractivity contribution is 5.50. The van der Waals surface area contributed by atoms with Crippen LogP contribution < -0.4 is 10.2 Å². The maximum Gasteiger partial charge on any atom is 0.245 e. The van der Waals surface area contributed by atoms with Crippen LogP contribution in [0.15, 0.2) is 18.3 Å². The summed E-state index contributed by atoms with van der Waals surface area (Å²) in [6.07, 6.45) is 6.84. The second-order valence-corrected chi connectivity index (χ2v) is 5.78. The number of hydrogen-bond acceptors (Lipinski definition) is 4. The van der Waals surface area contributed by atoms with Crippen molar-refractivity contribution in [1.82, 2.24) is 19.9 Å². The van der Waals surface area contributed by atoms with Gasteiger partial charge in [0, 0.05) is 25.3 Å². The zero-order valence-corrected chi connectivity index (χ0v) is 12.5. The van der Waals surface area contributed by atoms with E-state index in [1.54, 1.807) is 0 Å². The molecule has 0 saturated heterocycles. The quantitative estimate of drug-likeness (QED) is 0.929. The number of nitrogens with one attached hydrogen (secondary N) is 1. The average Bonchev–Trinajstić information content (AvgIpc) is 2.92. The van der Waals surface area contributed by atoms with E-state index in [0.717, 1.165) is 11.6 Å². The SMILES string of the molecule is CNC1CCC(N(C)c2nc3c(C)cccn3n2)CC1. The molecule has 108 valence electrons. The Morgan fingerprint density at radius 3 is 2.70 bits per heavy atom. The third-order valence-corrected chi connectivity index (χ3v) is 4.51. The molecule has 1 N–H and O–H groups in total. The van der Waals surface area contributed by atoms with Gasteiger partial charge in [0.25, 0.3) is 0 Å². The van der Waals surface area contributed by atoms with Gasteiger partial charge in [-0.1, -0.05) is 6.07 Å². The summed E-state index contributed by atoms with van der Waals surface area (Å²) >= 11 is 0. The van der Waals surface area contributed by atoms with Crippen molar-refractivity contribution in [3.05, 3.63) is 23.9 Å². The summed E-state index contributed by atoms with van der Waals surface area (Å²) in [5.74, 6) is 0.840. The van der Waals surface area contributed by atoms with Crippen LogP contribution in [0.25, 0.3) is 5.65 Å². The lowest BCUT2D eigenvalue weighted by atomic mass is 9.90. The van der Waals surface area contributed by atoms with Crippen molar-refractivity contribution in [1.29, 1.82) is 0 Å². The Kier molecular flexibility index (Phi) is 3.61. The summed E-state index contributed by atoms with van der Waals surface area (Å²) in [6.45, 7) is 2.08. The normalized spacial score (nSPS) is 23.1. The van der Waals surface area contributed by atoms with Crippen LogP contribution in [0.5, 0.6) is 0 Å². The van der Waals surface area contributed by atoms with Gasteiger partial charge in [0.1, 0.15) is 0 Å². The molecule has 2 aromatic heterocycles. The number of anilines is 1. The molecule has 1 aliphatic carbocycles. The lowest BCUT2D eigenvalue weighted by Gasteiger charge is -2.33. The number of nitrogens with zero attached hydrogens (tertiary/aromatic N) is 4. The molecule has 0 radical (unpaired) electrons. The van der Waals surface area contributed by atoms with E-state index in [1.165, 1.54) is 31.2 Å². The summed E-state index contributed by atoms with van der Waals surface area (Å²) in [4.78, 5) is 6.94. The van der Waals surface area contributed by atoms with Crippen LogP contribution in [-0.4, -0.2) is 40.8 Å². The molecule has 0 amide bonds. The molecule has 5 nitrogen and oxygen atoms in total. The van der Waals surface area contributed by atoms with E-state index in [4.69, 9.17) is 0 Å². The predicted molar refractivity (Wildman–Crippen MR) is 81.2 cm³/mol. The molecule has 1 fully saturated rings. The van der Waals surface area contributed by atoms with Gasteiger partial charge in [-0.2, -0.15) is 4.98 Å². The number of rotatable bonds is 3. The number of fused-ring (bicyclic) bond motifs is 1. The maximum absolute atomic E-state index is 4.69. The summed E-state index contributed by atoms with van der Waals surface area (Å²) < 4.78 is 1.88. The zero-order valence-electron chi connectivity index (χ0n) is 12.5. The van der Waals surface area contributed by atoms with E-state index in [2.05, 4.69) is 47.4 Å². The number of aromatic nitrogens is 3. The molecule has 0 atom stereocenters. The van der Waals surface area contributed by atoms with Gasteiger partial charge in [0.05, 0.1) is 0 Å². The second-order valence-electron chi connectivity index (χ2n) is 5.78. The summed E-state index contributed by atoms with van der Waals surface area (Å²) in [5, 5.41) is 7.98. The van der Waals surface area contributed by atoms with Gasteiger partial charge in [-0.15, -0.1) is 5.10 Å². The topological polar surface area (TPSA) is 45.5 Å². The number of aryl methyl sites for hydroxylation is 1. The van der Waals surface area contributed by atoms with Crippen LogP contribution in [0, 0.1) is 6.92 Å². The molecule has 1 saturated carbocycles. The van der Waals surface area contributed by atoms with Crippen LogP contribution in [0.4, 0.5) is 5.95 Å². The Labute approximate surface area is 120 Å².